The van der Waals surface area contributed by atoms with Crippen molar-refractivity contribution in [2.24, 2.45) is 5.73 Å². The first-order valence-electron chi connectivity index (χ1n) is 6.85. The fraction of sp³-hybridized carbons (Fsp3) is 0.375. The molecule has 2 N–H and O–H groups in total. The summed E-state index contributed by atoms with van der Waals surface area (Å²) in [6.45, 7) is 2.72. The van der Waals surface area contributed by atoms with Crippen molar-refractivity contribution in [1.82, 2.24) is 0 Å². The molecule has 0 radical (unpaired) electrons. The van der Waals surface area contributed by atoms with E-state index in [2.05, 4.69) is 36.4 Å². The van der Waals surface area contributed by atoms with Gasteiger partial charge in [0, 0.05) is 30.1 Å². The van der Waals surface area contributed by atoms with Crippen molar-refractivity contribution < 1.29 is 4.39 Å². The first-order valence-corrected chi connectivity index (χ1v) is 7.73. The highest BCUT2D eigenvalue weighted by atomic mass is 32.1. The molecule has 108 valence electrons. The number of anilines is 1. The average molecular weight is 292 g/mol. The van der Waals surface area contributed by atoms with Crippen molar-refractivity contribution in [3.63, 3.8) is 0 Å². The predicted octanol–water partition coefficient (Wildman–Crippen LogP) is 3.46. The molecule has 20 heavy (non-hydrogen) atoms. The molecule has 0 aliphatic carbocycles. The first-order chi connectivity index (χ1) is 9.61. The van der Waals surface area contributed by atoms with Crippen LogP contribution in [-0.2, 0) is 12.8 Å². The van der Waals surface area contributed by atoms with E-state index in [4.69, 9.17) is 5.73 Å². The van der Waals surface area contributed by atoms with E-state index in [1.165, 1.54) is 10.9 Å². The molecule has 0 aliphatic heterocycles. The van der Waals surface area contributed by atoms with Crippen LogP contribution in [0.4, 0.5) is 10.1 Å². The molecule has 2 nitrogen and oxygen atoms in total. The Morgan fingerprint density at radius 3 is 2.80 bits per heavy atom. The van der Waals surface area contributed by atoms with Gasteiger partial charge < -0.3 is 10.6 Å². The summed E-state index contributed by atoms with van der Waals surface area (Å²) in [6.07, 6.45) is 1.69. The zero-order valence-electron chi connectivity index (χ0n) is 12.0. The molecule has 0 amide bonds. The molecule has 1 aromatic heterocycles. The van der Waals surface area contributed by atoms with E-state index in [1.54, 1.807) is 17.4 Å². The highest BCUT2D eigenvalue weighted by Crippen LogP contribution is 2.24. The molecule has 0 saturated heterocycles. The van der Waals surface area contributed by atoms with Gasteiger partial charge in [0.25, 0.3) is 0 Å². The molecule has 1 unspecified atom stereocenters. The lowest BCUT2D eigenvalue weighted by molar-refractivity contribution is 0.623. The largest absolute Gasteiger partial charge is 0.371 e. The van der Waals surface area contributed by atoms with Gasteiger partial charge in [-0.3, -0.25) is 0 Å². The molecule has 0 aliphatic rings. The Kier molecular flexibility index (Phi) is 5.15. The minimum Gasteiger partial charge on any atom is -0.371 e. The molecule has 2 aromatic rings. The Labute approximate surface area is 124 Å². The number of rotatable bonds is 6. The molecule has 1 aromatic carbocycles. The molecule has 0 saturated carbocycles. The van der Waals surface area contributed by atoms with Crippen LogP contribution in [0.1, 0.15) is 17.4 Å². The Balaban J connectivity index is 2.17. The van der Waals surface area contributed by atoms with Crippen molar-refractivity contribution in [2.75, 3.05) is 18.5 Å². The van der Waals surface area contributed by atoms with E-state index < -0.39 is 0 Å². The van der Waals surface area contributed by atoms with Crippen molar-refractivity contribution >= 4 is 17.0 Å². The summed E-state index contributed by atoms with van der Waals surface area (Å²) in [5, 5.41) is 2.10. The molecule has 0 bridgehead atoms. The third kappa shape index (κ3) is 3.58. The summed E-state index contributed by atoms with van der Waals surface area (Å²) in [7, 11) is 2.06. The SMILES string of the molecule is CC(Cc1cccs1)N(C)c1ccc(F)cc1CCN. The van der Waals surface area contributed by atoms with Crippen LogP contribution in [0.5, 0.6) is 0 Å². The summed E-state index contributed by atoms with van der Waals surface area (Å²) in [5.74, 6) is -0.198. The second kappa shape index (κ2) is 6.86. The monoisotopic (exact) mass is 292 g/mol. The zero-order chi connectivity index (χ0) is 14.5. The maximum absolute atomic E-state index is 13.4. The number of nitrogens with zero attached hydrogens (tertiary/aromatic N) is 1. The van der Waals surface area contributed by atoms with E-state index in [-0.39, 0.29) is 5.82 Å². The van der Waals surface area contributed by atoms with Crippen LogP contribution in [0, 0.1) is 5.82 Å². The third-order valence-corrected chi connectivity index (χ3v) is 4.47. The number of nitrogens with two attached hydrogens (primary N) is 1. The highest BCUT2D eigenvalue weighted by molar-refractivity contribution is 7.09. The molecule has 2 rings (SSSR count). The molecule has 1 atom stereocenters. The fourth-order valence-electron chi connectivity index (χ4n) is 2.35. The van der Waals surface area contributed by atoms with E-state index >= 15 is 0 Å². The fourth-order valence-corrected chi connectivity index (χ4v) is 3.17. The summed E-state index contributed by atoms with van der Waals surface area (Å²) >= 11 is 1.77. The lowest BCUT2D eigenvalue weighted by Gasteiger charge is -2.29. The molecular formula is C16H21FN2S. The number of hydrogen-bond acceptors (Lipinski definition) is 3. The maximum atomic E-state index is 13.4. The van der Waals surface area contributed by atoms with Gasteiger partial charge in [-0.05, 0) is 55.1 Å². The van der Waals surface area contributed by atoms with Gasteiger partial charge in [-0.1, -0.05) is 6.07 Å². The second-order valence-corrected chi connectivity index (χ2v) is 6.09. The first kappa shape index (κ1) is 15.0. The van der Waals surface area contributed by atoms with Gasteiger partial charge in [-0.2, -0.15) is 0 Å². The Bertz CT molecular complexity index is 539. The van der Waals surface area contributed by atoms with Crippen LogP contribution in [0.25, 0.3) is 0 Å². The third-order valence-electron chi connectivity index (χ3n) is 3.57. The summed E-state index contributed by atoms with van der Waals surface area (Å²) in [6, 6.07) is 9.55. The highest BCUT2D eigenvalue weighted by Gasteiger charge is 2.15. The number of halogens is 1. The zero-order valence-corrected chi connectivity index (χ0v) is 12.8. The van der Waals surface area contributed by atoms with Crippen molar-refractivity contribution in [3.8, 4) is 0 Å². The number of hydrogen-bond donors (Lipinski definition) is 1. The Hall–Kier alpha value is -1.39. The van der Waals surface area contributed by atoms with Gasteiger partial charge in [0.05, 0.1) is 0 Å². The van der Waals surface area contributed by atoms with E-state index in [0.717, 1.165) is 17.7 Å². The second-order valence-electron chi connectivity index (χ2n) is 5.06. The number of likely N-dealkylation sites (N-methyl/N-ethyl adjacent to an activating group) is 1. The van der Waals surface area contributed by atoms with Crippen molar-refractivity contribution in [3.05, 3.63) is 52.0 Å². The molecule has 4 heteroatoms. The van der Waals surface area contributed by atoms with Crippen LogP contribution in [0.15, 0.2) is 35.7 Å². The number of benzene rings is 1. The van der Waals surface area contributed by atoms with Gasteiger partial charge in [0.1, 0.15) is 5.82 Å². The smallest absolute Gasteiger partial charge is 0.123 e. The van der Waals surface area contributed by atoms with Crippen LogP contribution in [-0.4, -0.2) is 19.6 Å². The average Bonchev–Trinajstić information content (AvgIpc) is 2.91. The van der Waals surface area contributed by atoms with Crippen molar-refractivity contribution in [2.45, 2.75) is 25.8 Å². The topological polar surface area (TPSA) is 29.3 Å². The normalized spacial score (nSPS) is 12.4. The van der Waals surface area contributed by atoms with Crippen LogP contribution in [0.2, 0.25) is 0 Å². The predicted molar refractivity (Wildman–Crippen MR) is 85.0 cm³/mol. The minimum absolute atomic E-state index is 0.198. The van der Waals surface area contributed by atoms with Crippen molar-refractivity contribution in [1.29, 1.82) is 0 Å². The van der Waals surface area contributed by atoms with E-state index in [1.807, 2.05) is 6.07 Å². The lowest BCUT2D eigenvalue weighted by Crippen LogP contribution is -2.31. The van der Waals surface area contributed by atoms with Crippen LogP contribution < -0.4 is 10.6 Å². The van der Waals surface area contributed by atoms with Crippen LogP contribution >= 0.6 is 11.3 Å². The van der Waals surface area contributed by atoms with Gasteiger partial charge in [-0.15, -0.1) is 11.3 Å². The molecular weight excluding hydrogens is 271 g/mol. The molecule has 0 spiro atoms. The van der Waals surface area contributed by atoms with E-state index in [0.29, 0.717) is 19.0 Å². The summed E-state index contributed by atoms with van der Waals surface area (Å²) in [5.41, 5.74) is 7.68. The maximum Gasteiger partial charge on any atom is 0.123 e. The quantitative estimate of drug-likeness (QED) is 0.883. The van der Waals surface area contributed by atoms with E-state index in [9.17, 15) is 4.39 Å². The standard InChI is InChI=1S/C16H21FN2S/c1-12(10-15-4-3-9-20-15)19(2)16-6-5-14(17)11-13(16)7-8-18/h3-6,9,11-12H,7-8,10,18H2,1-2H3. The Morgan fingerprint density at radius 2 is 2.15 bits per heavy atom. The van der Waals surface area contributed by atoms with Gasteiger partial charge in [-0.25, -0.2) is 4.39 Å². The molecule has 0 fully saturated rings. The number of thiophene rings is 1. The summed E-state index contributed by atoms with van der Waals surface area (Å²) < 4.78 is 13.4. The van der Waals surface area contributed by atoms with Gasteiger partial charge in [0.15, 0.2) is 0 Å². The van der Waals surface area contributed by atoms with Crippen LogP contribution in [0.3, 0.4) is 0 Å². The Morgan fingerprint density at radius 1 is 1.35 bits per heavy atom. The summed E-state index contributed by atoms with van der Waals surface area (Å²) in [4.78, 5) is 3.58. The van der Waals surface area contributed by atoms with Gasteiger partial charge >= 0.3 is 0 Å². The minimum atomic E-state index is -0.198. The van der Waals surface area contributed by atoms with Gasteiger partial charge in [0.2, 0.25) is 0 Å². The lowest BCUT2D eigenvalue weighted by atomic mass is 10.1. The molecule has 1 heterocycles.